The van der Waals surface area contributed by atoms with Crippen LogP contribution in [0.15, 0.2) is 36.5 Å². The number of halogens is 3. The third kappa shape index (κ3) is 4.34. The molecule has 1 unspecified atom stereocenters. The predicted molar refractivity (Wildman–Crippen MR) is 105 cm³/mol. The Morgan fingerprint density at radius 3 is 2.46 bits per heavy atom. The van der Waals surface area contributed by atoms with Gasteiger partial charge in [-0.05, 0) is 25.1 Å². The lowest BCUT2D eigenvalue weighted by atomic mass is 10.2. The topological polar surface area (TPSA) is 45.7 Å². The van der Waals surface area contributed by atoms with E-state index in [1.165, 1.54) is 0 Å². The molecule has 26 heavy (non-hydrogen) atoms. The maximum absolute atomic E-state index is 12.6. The van der Waals surface area contributed by atoms with Gasteiger partial charge in [-0.2, -0.15) is 0 Å². The second kappa shape index (κ2) is 8.33. The molecule has 1 aromatic carbocycles. The minimum absolute atomic E-state index is 0.0697. The molecule has 0 bridgehead atoms. The van der Waals surface area contributed by atoms with Gasteiger partial charge in [0.05, 0.1) is 15.1 Å². The Labute approximate surface area is 167 Å². The van der Waals surface area contributed by atoms with Crippen LogP contribution in [-0.2, 0) is 4.79 Å². The summed E-state index contributed by atoms with van der Waals surface area (Å²) in [6, 6.07) is 8.79. The van der Waals surface area contributed by atoms with E-state index in [0.717, 1.165) is 0 Å². The first-order valence-electron chi connectivity index (χ1n) is 8.21. The van der Waals surface area contributed by atoms with Crippen molar-refractivity contribution in [3.05, 3.63) is 51.6 Å². The second-order valence-corrected chi connectivity index (χ2v) is 7.21. The van der Waals surface area contributed by atoms with E-state index in [2.05, 4.69) is 4.98 Å². The van der Waals surface area contributed by atoms with E-state index in [1.807, 2.05) is 17.0 Å². The van der Waals surface area contributed by atoms with Crippen molar-refractivity contribution in [2.45, 2.75) is 13.0 Å². The number of anilines is 1. The molecule has 0 aliphatic carbocycles. The number of carbonyl (C=O) groups is 1. The highest BCUT2D eigenvalue weighted by atomic mass is 35.5. The van der Waals surface area contributed by atoms with Crippen molar-refractivity contribution in [3.63, 3.8) is 0 Å². The SMILES string of the molecule is CC(Oc1ccccc1Cl)C(=O)N1CCN(c2ncc(Cl)cc2Cl)CC1. The van der Waals surface area contributed by atoms with Gasteiger partial charge in [-0.25, -0.2) is 4.98 Å². The molecule has 0 spiro atoms. The number of aromatic nitrogens is 1. The number of rotatable bonds is 4. The van der Waals surface area contributed by atoms with Crippen molar-refractivity contribution in [3.8, 4) is 5.75 Å². The van der Waals surface area contributed by atoms with Crippen LogP contribution in [0.2, 0.25) is 15.1 Å². The molecule has 0 N–H and O–H groups in total. The Morgan fingerprint density at radius 2 is 1.81 bits per heavy atom. The van der Waals surface area contributed by atoms with E-state index in [-0.39, 0.29) is 5.91 Å². The number of piperazine rings is 1. The van der Waals surface area contributed by atoms with Crippen molar-refractivity contribution in [1.29, 1.82) is 0 Å². The Balaban J connectivity index is 1.58. The highest BCUT2D eigenvalue weighted by Gasteiger charge is 2.27. The van der Waals surface area contributed by atoms with Crippen molar-refractivity contribution < 1.29 is 9.53 Å². The highest BCUT2D eigenvalue weighted by Crippen LogP contribution is 2.27. The van der Waals surface area contributed by atoms with Crippen LogP contribution in [0.1, 0.15) is 6.92 Å². The minimum atomic E-state index is -0.612. The molecule has 1 amide bonds. The van der Waals surface area contributed by atoms with E-state index in [1.54, 1.807) is 36.2 Å². The standard InChI is InChI=1S/C18H18Cl3N3O2/c1-12(26-16-5-3-2-4-14(16)20)18(25)24-8-6-23(7-9-24)17-15(21)10-13(19)11-22-17/h2-5,10-12H,6-9H2,1H3. The molecule has 138 valence electrons. The average molecular weight is 415 g/mol. The molecule has 0 radical (unpaired) electrons. The maximum atomic E-state index is 12.6. The fourth-order valence-corrected chi connectivity index (χ4v) is 3.50. The molecule has 1 aromatic heterocycles. The van der Waals surface area contributed by atoms with E-state index < -0.39 is 6.10 Å². The van der Waals surface area contributed by atoms with Gasteiger partial charge in [0.15, 0.2) is 6.10 Å². The summed E-state index contributed by atoms with van der Waals surface area (Å²) in [4.78, 5) is 20.8. The Kier molecular flexibility index (Phi) is 6.12. The van der Waals surface area contributed by atoms with Crippen molar-refractivity contribution in [2.75, 3.05) is 31.1 Å². The van der Waals surface area contributed by atoms with Gasteiger partial charge >= 0.3 is 0 Å². The number of amides is 1. The molecular weight excluding hydrogens is 397 g/mol. The molecular formula is C18H18Cl3N3O2. The number of para-hydroxylation sites is 1. The van der Waals surface area contributed by atoms with Gasteiger partial charge in [-0.1, -0.05) is 46.9 Å². The number of carbonyl (C=O) groups excluding carboxylic acids is 1. The fraction of sp³-hybridized carbons (Fsp3) is 0.333. The second-order valence-electron chi connectivity index (χ2n) is 5.96. The minimum Gasteiger partial charge on any atom is -0.479 e. The Bertz CT molecular complexity index is 795. The molecule has 5 nitrogen and oxygen atoms in total. The molecule has 1 aliphatic heterocycles. The van der Waals surface area contributed by atoms with E-state index in [9.17, 15) is 4.79 Å². The van der Waals surface area contributed by atoms with Gasteiger partial charge in [0.1, 0.15) is 11.6 Å². The molecule has 1 fully saturated rings. The number of ether oxygens (including phenoxy) is 1. The smallest absolute Gasteiger partial charge is 0.263 e. The molecule has 1 atom stereocenters. The normalized spacial score (nSPS) is 15.7. The first-order valence-corrected chi connectivity index (χ1v) is 9.35. The van der Waals surface area contributed by atoms with Crippen LogP contribution in [0, 0.1) is 0 Å². The molecule has 1 aliphatic rings. The zero-order valence-corrected chi connectivity index (χ0v) is 16.4. The molecule has 3 rings (SSSR count). The summed E-state index contributed by atoms with van der Waals surface area (Å²) in [6.07, 6.45) is 0.957. The van der Waals surface area contributed by atoms with Crippen molar-refractivity contribution in [1.82, 2.24) is 9.88 Å². The molecule has 8 heteroatoms. The van der Waals surface area contributed by atoms with Crippen LogP contribution in [0.25, 0.3) is 0 Å². The highest BCUT2D eigenvalue weighted by molar-refractivity contribution is 6.36. The van der Waals surface area contributed by atoms with Gasteiger partial charge in [-0.15, -0.1) is 0 Å². The largest absolute Gasteiger partial charge is 0.479 e. The van der Waals surface area contributed by atoms with Gasteiger partial charge in [-0.3, -0.25) is 4.79 Å². The lowest BCUT2D eigenvalue weighted by Gasteiger charge is -2.36. The number of hydrogen-bond acceptors (Lipinski definition) is 4. The zero-order valence-electron chi connectivity index (χ0n) is 14.2. The van der Waals surface area contributed by atoms with Crippen LogP contribution < -0.4 is 9.64 Å². The monoisotopic (exact) mass is 413 g/mol. The van der Waals surface area contributed by atoms with Gasteiger partial charge in [0, 0.05) is 32.4 Å². The van der Waals surface area contributed by atoms with Crippen LogP contribution in [-0.4, -0.2) is 48.1 Å². The number of pyridine rings is 1. The molecule has 2 aromatic rings. The molecule has 2 heterocycles. The summed E-state index contributed by atoms with van der Waals surface area (Å²) >= 11 is 18.2. The Morgan fingerprint density at radius 1 is 1.12 bits per heavy atom. The van der Waals surface area contributed by atoms with Crippen LogP contribution in [0.5, 0.6) is 5.75 Å². The van der Waals surface area contributed by atoms with E-state index in [0.29, 0.717) is 52.8 Å². The predicted octanol–water partition coefficient (Wildman–Crippen LogP) is 4.16. The third-order valence-corrected chi connectivity index (χ3v) is 4.96. The van der Waals surface area contributed by atoms with Crippen LogP contribution in [0.3, 0.4) is 0 Å². The lowest BCUT2D eigenvalue weighted by molar-refractivity contribution is -0.138. The molecule has 0 saturated carbocycles. The summed E-state index contributed by atoms with van der Waals surface area (Å²) < 4.78 is 5.72. The first-order chi connectivity index (χ1) is 12.5. The average Bonchev–Trinajstić information content (AvgIpc) is 2.63. The molecule has 1 saturated heterocycles. The zero-order chi connectivity index (χ0) is 18.7. The number of nitrogens with zero attached hydrogens (tertiary/aromatic N) is 3. The van der Waals surface area contributed by atoms with Gasteiger partial charge in [0.2, 0.25) is 0 Å². The fourth-order valence-electron chi connectivity index (χ4n) is 2.82. The third-order valence-electron chi connectivity index (χ3n) is 4.17. The summed E-state index contributed by atoms with van der Waals surface area (Å²) in [5, 5.41) is 1.49. The van der Waals surface area contributed by atoms with E-state index in [4.69, 9.17) is 39.5 Å². The van der Waals surface area contributed by atoms with Gasteiger partial charge < -0.3 is 14.5 Å². The quantitative estimate of drug-likeness (QED) is 0.754. The maximum Gasteiger partial charge on any atom is 0.263 e. The summed E-state index contributed by atoms with van der Waals surface area (Å²) in [5.41, 5.74) is 0. The van der Waals surface area contributed by atoms with E-state index >= 15 is 0 Å². The van der Waals surface area contributed by atoms with Crippen LogP contribution >= 0.6 is 34.8 Å². The number of benzene rings is 1. The van der Waals surface area contributed by atoms with Gasteiger partial charge in [0.25, 0.3) is 5.91 Å². The van der Waals surface area contributed by atoms with Crippen molar-refractivity contribution >= 4 is 46.5 Å². The lowest BCUT2D eigenvalue weighted by Crippen LogP contribution is -2.52. The van der Waals surface area contributed by atoms with Crippen molar-refractivity contribution in [2.24, 2.45) is 0 Å². The first kappa shape index (κ1) is 19.1. The summed E-state index contributed by atoms with van der Waals surface area (Å²) in [6.45, 7) is 4.14. The van der Waals surface area contributed by atoms with Crippen LogP contribution in [0.4, 0.5) is 5.82 Å². The summed E-state index contributed by atoms with van der Waals surface area (Å²) in [7, 11) is 0. The summed E-state index contributed by atoms with van der Waals surface area (Å²) in [5.74, 6) is 1.12. The number of hydrogen-bond donors (Lipinski definition) is 0. The Hall–Kier alpha value is -1.69.